The van der Waals surface area contributed by atoms with Crippen molar-refractivity contribution in [1.29, 1.82) is 0 Å². The first-order chi connectivity index (χ1) is 10.6. The highest BCUT2D eigenvalue weighted by Gasteiger charge is 2.30. The Bertz CT molecular complexity index is 383. The molecule has 126 valence electrons. The van der Waals surface area contributed by atoms with Gasteiger partial charge in [-0.15, -0.1) is 0 Å². The Morgan fingerprint density at radius 2 is 1.91 bits per heavy atom. The zero-order chi connectivity index (χ0) is 15.9. The van der Waals surface area contributed by atoms with E-state index in [9.17, 15) is 9.59 Å². The van der Waals surface area contributed by atoms with Gasteiger partial charge in [-0.05, 0) is 31.9 Å². The van der Waals surface area contributed by atoms with E-state index in [4.69, 9.17) is 0 Å². The maximum absolute atomic E-state index is 12.5. The molecule has 5 heteroatoms. The molecule has 1 N–H and O–H groups in total. The number of hydrogen-bond acceptors (Lipinski definition) is 3. The smallest absolute Gasteiger partial charge is 0.225 e. The molecule has 0 aromatic heterocycles. The Morgan fingerprint density at radius 3 is 2.59 bits per heavy atom. The largest absolute Gasteiger partial charge is 0.353 e. The van der Waals surface area contributed by atoms with E-state index >= 15 is 0 Å². The van der Waals surface area contributed by atoms with E-state index in [1.165, 1.54) is 19.3 Å². The first kappa shape index (κ1) is 17.6. The van der Waals surface area contributed by atoms with Crippen LogP contribution >= 0.6 is 11.8 Å². The topological polar surface area (TPSA) is 49.4 Å². The van der Waals surface area contributed by atoms with Crippen LogP contribution < -0.4 is 5.32 Å². The number of rotatable bonds is 5. The van der Waals surface area contributed by atoms with Gasteiger partial charge in [-0.2, -0.15) is 11.8 Å². The predicted octanol–water partition coefficient (Wildman–Crippen LogP) is 2.82. The normalized spacial score (nSPS) is 24.8. The Hall–Kier alpha value is -0.710. The summed E-state index contributed by atoms with van der Waals surface area (Å²) in [6, 6.07) is 0.365. The molecule has 1 aliphatic heterocycles. The summed E-state index contributed by atoms with van der Waals surface area (Å²) < 4.78 is 0. The van der Waals surface area contributed by atoms with Gasteiger partial charge in [0, 0.05) is 30.8 Å². The number of carbonyl (C=O) groups excluding carboxylic acids is 2. The van der Waals surface area contributed by atoms with Gasteiger partial charge >= 0.3 is 0 Å². The number of piperidine rings is 1. The fourth-order valence-electron chi connectivity index (χ4n) is 3.44. The second-order valence-corrected chi connectivity index (χ2v) is 8.05. The molecule has 0 spiro atoms. The second kappa shape index (κ2) is 8.80. The van der Waals surface area contributed by atoms with Gasteiger partial charge in [-0.1, -0.05) is 26.2 Å². The first-order valence-electron chi connectivity index (χ1n) is 8.71. The van der Waals surface area contributed by atoms with Crippen LogP contribution in [-0.2, 0) is 9.59 Å². The first-order valence-corrected chi connectivity index (χ1v) is 10.00. The molecule has 22 heavy (non-hydrogen) atoms. The predicted molar refractivity (Wildman–Crippen MR) is 91.9 cm³/mol. The molecule has 2 atom stereocenters. The molecule has 1 heterocycles. The number of nitrogens with zero attached hydrogens (tertiary/aromatic N) is 1. The van der Waals surface area contributed by atoms with Crippen molar-refractivity contribution in [2.24, 2.45) is 5.92 Å². The molecule has 2 rings (SSSR count). The highest BCUT2D eigenvalue weighted by molar-refractivity contribution is 7.99. The molecule has 0 aromatic rings. The second-order valence-electron chi connectivity index (χ2n) is 6.77. The van der Waals surface area contributed by atoms with Gasteiger partial charge in [0.2, 0.25) is 11.8 Å². The minimum Gasteiger partial charge on any atom is -0.353 e. The van der Waals surface area contributed by atoms with E-state index in [2.05, 4.69) is 12.2 Å². The van der Waals surface area contributed by atoms with Crippen LogP contribution in [0.15, 0.2) is 0 Å². The van der Waals surface area contributed by atoms with Crippen molar-refractivity contribution in [2.75, 3.05) is 19.3 Å². The van der Waals surface area contributed by atoms with Gasteiger partial charge in [0.25, 0.3) is 0 Å². The van der Waals surface area contributed by atoms with Gasteiger partial charge in [0.05, 0.1) is 5.92 Å². The zero-order valence-corrected chi connectivity index (χ0v) is 14.8. The quantitative estimate of drug-likeness (QED) is 0.845. The number of amides is 2. The molecular formula is C17H30N2O2S. The number of likely N-dealkylation sites (tertiary alicyclic amines) is 1. The average Bonchev–Trinajstić information content (AvgIpc) is 2.55. The van der Waals surface area contributed by atoms with E-state index in [0.717, 1.165) is 32.2 Å². The third-order valence-electron chi connectivity index (χ3n) is 4.96. The summed E-state index contributed by atoms with van der Waals surface area (Å²) in [6.07, 6.45) is 10.5. The third kappa shape index (κ3) is 5.18. The van der Waals surface area contributed by atoms with E-state index in [1.54, 1.807) is 11.8 Å². The molecule has 1 aliphatic carbocycles. The maximum Gasteiger partial charge on any atom is 0.225 e. The van der Waals surface area contributed by atoms with Crippen molar-refractivity contribution < 1.29 is 9.59 Å². The van der Waals surface area contributed by atoms with Crippen LogP contribution in [0.5, 0.6) is 0 Å². The molecule has 4 nitrogen and oxygen atoms in total. The Morgan fingerprint density at radius 1 is 1.18 bits per heavy atom. The standard InChI is InChI=1S/C17H30N2O2S/c1-13(22-2)11-16(20)19-10-6-7-14(12-19)17(21)18-15-8-4-3-5-9-15/h13-15H,3-12H2,1-2H3,(H,18,21)/t13-,14-/m0/s1. The van der Waals surface area contributed by atoms with Crippen molar-refractivity contribution in [2.45, 2.75) is 69.6 Å². The van der Waals surface area contributed by atoms with Crippen LogP contribution in [-0.4, -0.2) is 47.4 Å². The highest BCUT2D eigenvalue weighted by atomic mass is 32.2. The van der Waals surface area contributed by atoms with Gasteiger partial charge in [-0.3, -0.25) is 9.59 Å². The minimum atomic E-state index is -0.00999. The lowest BCUT2D eigenvalue weighted by molar-refractivity contribution is -0.135. The number of carbonyl (C=O) groups is 2. The van der Waals surface area contributed by atoms with Crippen LogP contribution in [0, 0.1) is 5.92 Å². The molecular weight excluding hydrogens is 296 g/mol. The summed E-state index contributed by atoms with van der Waals surface area (Å²) in [5.41, 5.74) is 0. The molecule has 0 bridgehead atoms. The van der Waals surface area contributed by atoms with E-state index in [0.29, 0.717) is 24.3 Å². The SMILES string of the molecule is CS[C@@H](C)CC(=O)N1CCC[C@H](C(=O)NC2CCCCC2)C1. The summed E-state index contributed by atoms with van der Waals surface area (Å²) in [4.78, 5) is 26.7. The lowest BCUT2D eigenvalue weighted by Crippen LogP contribution is -2.48. The Labute approximate surface area is 138 Å². The van der Waals surface area contributed by atoms with Gasteiger partial charge in [-0.25, -0.2) is 0 Å². The summed E-state index contributed by atoms with van der Waals surface area (Å²) in [6.45, 7) is 3.51. The van der Waals surface area contributed by atoms with Gasteiger partial charge in [0.15, 0.2) is 0 Å². The lowest BCUT2D eigenvalue weighted by atomic mass is 9.93. The van der Waals surface area contributed by atoms with Crippen molar-refractivity contribution in [1.82, 2.24) is 10.2 Å². The molecule has 0 aromatic carbocycles. The third-order valence-corrected chi connectivity index (χ3v) is 5.93. The Balaban J connectivity index is 1.81. The van der Waals surface area contributed by atoms with Crippen LogP contribution in [0.3, 0.4) is 0 Å². The van der Waals surface area contributed by atoms with Gasteiger partial charge < -0.3 is 10.2 Å². The fraction of sp³-hybridized carbons (Fsp3) is 0.882. The Kier molecular flexibility index (Phi) is 7.06. The van der Waals surface area contributed by atoms with Crippen LogP contribution in [0.1, 0.15) is 58.3 Å². The molecule has 2 fully saturated rings. The lowest BCUT2D eigenvalue weighted by Gasteiger charge is -2.34. The van der Waals surface area contributed by atoms with Crippen molar-refractivity contribution in [3.05, 3.63) is 0 Å². The zero-order valence-electron chi connectivity index (χ0n) is 14.0. The molecule has 0 unspecified atom stereocenters. The summed E-state index contributed by atoms with van der Waals surface area (Å²) in [5.74, 6) is 0.364. The highest BCUT2D eigenvalue weighted by Crippen LogP contribution is 2.22. The minimum absolute atomic E-state index is 0.00999. The van der Waals surface area contributed by atoms with Crippen molar-refractivity contribution >= 4 is 23.6 Å². The van der Waals surface area contributed by atoms with Crippen LogP contribution in [0.4, 0.5) is 0 Å². The molecule has 1 saturated carbocycles. The number of nitrogens with one attached hydrogen (secondary N) is 1. The maximum atomic E-state index is 12.5. The molecule has 2 amide bonds. The summed E-state index contributed by atoms with van der Waals surface area (Å²) in [5, 5.41) is 3.57. The molecule has 1 saturated heterocycles. The monoisotopic (exact) mass is 326 g/mol. The molecule has 0 radical (unpaired) electrons. The van der Waals surface area contributed by atoms with E-state index < -0.39 is 0 Å². The van der Waals surface area contributed by atoms with E-state index in [1.807, 2.05) is 11.2 Å². The molecule has 2 aliphatic rings. The van der Waals surface area contributed by atoms with Gasteiger partial charge in [0.1, 0.15) is 0 Å². The van der Waals surface area contributed by atoms with E-state index in [-0.39, 0.29) is 17.7 Å². The number of hydrogen-bond donors (Lipinski definition) is 1. The van der Waals surface area contributed by atoms with Crippen molar-refractivity contribution in [3.8, 4) is 0 Å². The summed E-state index contributed by atoms with van der Waals surface area (Å²) in [7, 11) is 0. The number of thioether (sulfide) groups is 1. The fourth-order valence-corrected chi connectivity index (χ4v) is 3.75. The summed E-state index contributed by atoms with van der Waals surface area (Å²) >= 11 is 1.72. The van der Waals surface area contributed by atoms with Crippen molar-refractivity contribution in [3.63, 3.8) is 0 Å². The van der Waals surface area contributed by atoms with Crippen LogP contribution in [0.25, 0.3) is 0 Å². The van der Waals surface area contributed by atoms with Crippen LogP contribution in [0.2, 0.25) is 0 Å². The average molecular weight is 327 g/mol.